The van der Waals surface area contributed by atoms with Crippen molar-refractivity contribution < 1.29 is 14.6 Å². The summed E-state index contributed by atoms with van der Waals surface area (Å²) in [5.41, 5.74) is -0.0145. The van der Waals surface area contributed by atoms with Gasteiger partial charge in [-0.15, -0.1) is 0 Å². The zero-order valence-corrected chi connectivity index (χ0v) is 8.82. The van der Waals surface area contributed by atoms with E-state index in [9.17, 15) is 5.11 Å². The first-order valence-electron chi connectivity index (χ1n) is 5.27. The van der Waals surface area contributed by atoms with Gasteiger partial charge in [0.1, 0.15) is 0 Å². The van der Waals surface area contributed by atoms with Crippen LogP contribution in [0.15, 0.2) is 0 Å². The van der Waals surface area contributed by atoms with Gasteiger partial charge in [0.25, 0.3) is 0 Å². The minimum atomic E-state index is -0.375. The summed E-state index contributed by atoms with van der Waals surface area (Å²) in [5, 5.41) is 13.1. The Labute approximate surface area is 84.6 Å². The molecule has 2 aliphatic heterocycles. The van der Waals surface area contributed by atoms with E-state index in [1.807, 2.05) is 0 Å². The standard InChI is InChI=1S/C10H19NO3/c1-7-10(2,3-4-14-7)11-8-5-13-6-9(8)12/h7-9,11-12H,3-6H2,1-2H3. The Morgan fingerprint density at radius 2 is 2.21 bits per heavy atom. The summed E-state index contributed by atoms with van der Waals surface area (Å²) in [6.07, 6.45) is 0.826. The van der Waals surface area contributed by atoms with Gasteiger partial charge in [0.05, 0.1) is 31.5 Å². The van der Waals surface area contributed by atoms with Gasteiger partial charge in [-0.25, -0.2) is 0 Å². The average Bonchev–Trinajstić information content (AvgIpc) is 2.64. The van der Waals surface area contributed by atoms with Crippen LogP contribution >= 0.6 is 0 Å². The van der Waals surface area contributed by atoms with Crippen molar-refractivity contribution in [3.8, 4) is 0 Å². The van der Waals surface area contributed by atoms with E-state index in [0.29, 0.717) is 13.2 Å². The fourth-order valence-corrected chi connectivity index (χ4v) is 2.13. The van der Waals surface area contributed by atoms with Gasteiger partial charge in [0, 0.05) is 12.1 Å². The summed E-state index contributed by atoms with van der Waals surface area (Å²) in [7, 11) is 0. The molecule has 14 heavy (non-hydrogen) atoms. The lowest BCUT2D eigenvalue weighted by Crippen LogP contribution is -2.55. The van der Waals surface area contributed by atoms with Crippen LogP contribution in [0.25, 0.3) is 0 Å². The Hall–Kier alpha value is -0.160. The molecule has 0 saturated carbocycles. The van der Waals surface area contributed by atoms with Gasteiger partial charge >= 0.3 is 0 Å². The molecule has 2 N–H and O–H groups in total. The quantitative estimate of drug-likeness (QED) is 0.655. The maximum Gasteiger partial charge on any atom is 0.0948 e. The smallest absolute Gasteiger partial charge is 0.0948 e. The van der Waals surface area contributed by atoms with Gasteiger partial charge in [-0.1, -0.05) is 0 Å². The predicted octanol–water partition coefficient (Wildman–Crippen LogP) is -0.0968. The molecule has 0 aliphatic carbocycles. The van der Waals surface area contributed by atoms with Crippen molar-refractivity contribution in [2.45, 2.75) is 44.1 Å². The van der Waals surface area contributed by atoms with E-state index in [0.717, 1.165) is 13.0 Å². The molecule has 4 nitrogen and oxygen atoms in total. The fraction of sp³-hybridized carbons (Fsp3) is 1.00. The van der Waals surface area contributed by atoms with Gasteiger partial charge in [-0.3, -0.25) is 0 Å². The maximum absolute atomic E-state index is 9.62. The van der Waals surface area contributed by atoms with E-state index in [-0.39, 0.29) is 23.8 Å². The Balaban J connectivity index is 1.95. The van der Waals surface area contributed by atoms with E-state index in [1.54, 1.807) is 0 Å². The summed E-state index contributed by atoms with van der Waals surface area (Å²) in [6.45, 7) is 6.07. The third-order valence-corrected chi connectivity index (χ3v) is 3.45. The molecule has 4 unspecified atom stereocenters. The molecule has 2 saturated heterocycles. The molecule has 0 bridgehead atoms. The number of nitrogens with one attached hydrogen (secondary N) is 1. The second-order valence-electron chi connectivity index (χ2n) is 4.54. The second-order valence-corrected chi connectivity index (χ2v) is 4.54. The zero-order valence-electron chi connectivity index (χ0n) is 8.82. The number of hydrogen-bond donors (Lipinski definition) is 2. The summed E-state index contributed by atoms with van der Waals surface area (Å²) in [5.74, 6) is 0. The van der Waals surface area contributed by atoms with E-state index in [1.165, 1.54) is 0 Å². The number of hydrogen-bond acceptors (Lipinski definition) is 4. The maximum atomic E-state index is 9.62. The highest BCUT2D eigenvalue weighted by Crippen LogP contribution is 2.26. The number of aliphatic hydroxyl groups is 1. The lowest BCUT2D eigenvalue weighted by Gasteiger charge is -2.32. The molecule has 2 fully saturated rings. The summed E-state index contributed by atoms with van der Waals surface area (Å²) >= 11 is 0. The van der Waals surface area contributed by atoms with Crippen LogP contribution < -0.4 is 5.32 Å². The highest BCUT2D eigenvalue weighted by atomic mass is 16.5. The lowest BCUT2D eigenvalue weighted by atomic mass is 9.93. The molecule has 2 rings (SSSR count). The largest absolute Gasteiger partial charge is 0.389 e. The molecular formula is C10H19NO3. The molecule has 0 radical (unpaired) electrons. The molecule has 4 atom stereocenters. The Kier molecular flexibility index (Phi) is 2.79. The van der Waals surface area contributed by atoms with Crippen LogP contribution in [-0.2, 0) is 9.47 Å². The van der Waals surface area contributed by atoms with Gasteiger partial charge in [0.15, 0.2) is 0 Å². The van der Waals surface area contributed by atoms with Crippen LogP contribution in [0.4, 0.5) is 0 Å². The van der Waals surface area contributed by atoms with E-state index < -0.39 is 0 Å². The van der Waals surface area contributed by atoms with Crippen LogP contribution in [0.5, 0.6) is 0 Å². The number of rotatable bonds is 2. The summed E-state index contributed by atoms with van der Waals surface area (Å²) < 4.78 is 10.7. The fourth-order valence-electron chi connectivity index (χ4n) is 2.13. The Morgan fingerprint density at radius 3 is 2.71 bits per heavy atom. The highest BCUT2D eigenvalue weighted by molar-refractivity contribution is 4.98. The van der Waals surface area contributed by atoms with Gasteiger partial charge in [-0.05, 0) is 20.3 Å². The minimum Gasteiger partial charge on any atom is -0.389 e. The molecule has 2 aliphatic rings. The number of aliphatic hydroxyl groups excluding tert-OH is 1. The van der Waals surface area contributed by atoms with Crippen molar-refractivity contribution >= 4 is 0 Å². The Bertz CT molecular complexity index is 212. The molecule has 82 valence electrons. The molecule has 0 aromatic rings. The molecule has 0 aromatic carbocycles. The SMILES string of the molecule is CC1OCCC1(C)NC1COCC1O. The van der Waals surface area contributed by atoms with Crippen molar-refractivity contribution in [3.63, 3.8) is 0 Å². The van der Waals surface area contributed by atoms with Crippen LogP contribution in [0, 0.1) is 0 Å². The van der Waals surface area contributed by atoms with Crippen molar-refractivity contribution in [2.75, 3.05) is 19.8 Å². The monoisotopic (exact) mass is 201 g/mol. The van der Waals surface area contributed by atoms with Crippen molar-refractivity contribution in [2.24, 2.45) is 0 Å². The normalized spacial score (nSPS) is 48.6. The first-order valence-corrected chi connectivity index (χ1v) is 5.27. The molecule has 0 amide bonds. The van der Waals surface area contributed by atoms with E-state index in [2.05, 4.69) is 19.2 Å². The molecule has 2 heterocycles. The molecule has 0 aromatic heterocycles. The van der Waals surface area contributed by atoms with Crippen LogP contribution in [0.1, 0.15) is 20.3 Å². The van der Waals surface area contributed by atoms with Crippen LogP contribution in [0.2, 0.25) is 0 Å². The van der Waals surface area contributed by atoms with Crippen molar-refractivity contribution in [1.82, 2.24) is 5.32 Å². The number of ether oxygens (including phenoxy) is 2. The van der Waals surface area contributed by atoms with Crippen molar-refractivity contribution in [1.29, 1.82) is 0 Å². The molecular weight excluding hydrogens is 182 g/mol. The average molecular weight is 201 g/mol. The van der Waals surface area contributed by atoms with Crippen LogP contribution in [-0.4, -0.2) is 48.7 Å². The summed E-state index contributed by atoms with van der Waals surface area (Å²) in [6, 6.07) is 0.0594. The zero-order chi connectivity index (χ0) is 10.2. The highest BCUT2D eigenvalue weighted by Gasteiger charge is 2.41. The van der Waals surface area contributed by atoms with E-state index >= 15 is 0 Å². The molecule has 4 heteroatoms. The van der Waals surface area contributed by atoms with Gasteiger partial charge < -0.3 is 19.9 Å². The van der Waals surface area contributed by atoms with Gasteiger partial charge in [0.2, 0.25) is 0 Å². The minimum absolute atomic E-state index is 0.0145. The third-order valence-electron chi connectivity index (χ3n) is 3.45. The predicted molar refractivity (Wildman–Crippen MR) is 52.2 cm³/mol. The topological polar surface area (TPSA) is 50.7 Å². The van der Waals surface area contributed by atoms with Crippen molar-refractivity contribution in [3.05, 3.63) is 0 Å². The lowest BCUT2D eigenvalue weighted by molar-refractivity contribution is 0.0727. The third kappa shape index (κ3) is 1.80. The first-order chi connectivity index (χ1) is 6.62. The first kappa shape index (κ1) is 10.4. The van der Waals surface area contributed by atoms with Crippen LogP contribution in [0.3, 0.4) is 0 Å². The van der Waals surface area contributed by atoms with E-state index in [4.69, 9.17) is 9.47 Å². The molecule has 0 spiro atoms. The Morgan fingerprint density at radius 1 is 1.43 bits per heavy atom. The second kappa shape index (κ2) is 3.77. The van der Waals surface area contributed by atoms with Gasteiger partial charge in [-0.2, -0.15) is 0 Å². The summed E-state index contributed by atoms with van der Waals surface area (Å²) in [4.78, 5) is 0.